The Hall–Kier alpha value is -1.88. The molecule has 1 saturated carbocycles. The van der Waals surface area contributed by atoms with Crippen LogP contribution in [-0.4, -0.2) is 41.9 Å². The number of benzene rings is 1. The van der Waals surface area contributed by atoms with Crippen LogP contribution < -0.4 is 10.6 Å². The van der Waals surface area contributed by atoms with Crippen LogP contribution in [0.15, 0.2) is 24.3 Å². The van der Waals surface area contributed by atoms with Crippen molar-refractivity contribution < 1.29 is 9.59 Å². The number of amides is 2. The highest BCUT2D eigenvalue weighted by molar-refractivity contribution is 5.98. The Labute approximate surface area is 155 Å². The van der Waals surface area contributed by atoms with E-state index in [0.29, 0.717) is 17.5 Å². The molecule has 26 heavy (non-hydrogen) atoms. The summed E-state index contributed by atoms with van der Waals surface area (Å²) in [6, 6.07) is 7.78. The van der Waals surface area contributed by atoms with Gasteiger partial charge in [0.25, 0.3) is 5.91 Å². The summed E-state index contributed by atoms with van der Waals surface area (Å²) in [7, 11) is 0. The first-order chi connectivity index (χ1) is 12.7. The first kappa shape index (κ1) is 17.5. The molecule has 5 nitrogen and oxygen atoms in total. The predicted molar refractivity (Wildman–Crippen MR) is 102 cm³/mol. The average molecular weight is 355 g/mol. The number of nitrogens with one attached hydrogen (secondary N) is 2. The molecular weight excluding hydrogens is 326 g/mol. The van der Waals surface area contributed by atoms with Gasteiger partial charge in [0.15, 0.2) is 0 Å². The maximum atomic E-state index is 12.7. The van der Waals surface area contributed by atoms with Crippen molar-refractivity contribution in [3.63, 3.8) is 0 Å². The summed E-state index contributed by atoms with van der Waals surface area (Å²) < 4.78 is 0. The third-order valence-corrected chi connectivity index (χ3v) is 6.20. The third-order valence-electron chi connectivity index (χ3n) is 6.20. The molecule has 0 bridgehead atoms. The van der Waals surface area contributed by atoms with E-state index in [1.807, 2.05) is 29.2 Å². The zero-order chi connectivity index (χ0) is 17.9. The summed E-state index contributed by atoms with van der Waals surface area (Å²) >= 11 is 0. The van der Waals surface area contributed by atoms with E-state index in [2.05, 4.69) is 10.6 Å². The molecule has 1 aromatic rings. The Morgan fingerprint density at radius 3 is 2.65 bits per heavy atom. The highest BCUT2D eigenvalue weighted by Crippen LogP contribution is 2.33. The fraction of sp³-hybridized carbons (Fsp3) is 0.619. The van der Waals surface area contributed by atoms with Gasteiger partial charge in [0, 0.05) is 30.4 Å². The van der Waals surface area contributed by atoms with Crippen molar-refractivity contribution in [1.82, 2.24) is 10.2 Å². The molecule has 1 aliphatic carbocycles. The zero-order valence-electron chi connectivity index (χ0n) is 15.4. The second-order valence-corrected chi connectivity index (χ2v) is 8.03. The molecule has 5 heteroatoms. The normalized spacial score (nSPS) is 28.5. The highest BCUT2D eigenvalue weighted by atomic mass is 16.2. The highest BCUT2D eigenvalue weighted by Gasteiger charge is 2.38. The van der Waals surface area contributed by atoms with E-state index in [4.69, 9.17) is 0 Å². The van der Waals surface area contributed by atoms with Crippen molar-refractivity contribution in [3.05, 3.63) is 29.8 Å². The van der Waals surface area contributed by atoms with Crippen molar-refractivity contribution in [2.75, 3.05) is 18.4 Å². The van der Waals surface area contributed by atoms with E-state index in [9.17, 15) is 9.59 Å². The van der Waals surface area contributed by atoms with Crippen LogP contribution in [0.2, 0.25) is 0 Å². The minimum atomic E-state index is -0.107. The Balaban J connectivity index is 1.39. The lowest BCUT2D eigenvalue weighted by atomic mass is 9.85. The number of likely N-dealkylation sites (tertiary alicyclic amines) is 1. The number of fused-ring (bicyclic) bond motifs is 1. The standard InChI is InChI=1S/C21H29N3O2/c25-20(19-14-15-7-2-3-10-18(15)23-19)22-17-9-6-8-16(13-17)21(26)24-11-4-1-5-12-24/h6,8-9,13,15,18-19,23H,1-5,7,10-12,14H2,(H,22,25). The van der Waals surface area contributed by atoms with Crippen LogP contribution in [0.25, 0.3) is 0 Å². The number of hydrogen-bond donors (Lipinski definition) is 2. The molecule has 3 atom stereocenters. The van der Waals surface area contributed by atoms with Crippen molar-refractivity contribution in [3.8, 4) is 0 Å². The molecule has 2 amide bonds. The van der Waals surface area contributed by atoms with Gasteiger partial charge in [-0.15, -0.1) is 0 Å². The van der Waals surface area contributed by atoms with Crippen molar-refractivity contribution in [1.29, 1.82) is 0 Å². The fourth-order valence-electron chi connectivity index (χ4n) is 4.76. The SMILES string of the molecule is O=C(Nc1cccc(C(=O)N2CCCCC2)c1)C1CC2CCCCC2N1. The number of hydrogen-bond acceptors (Lipinski definition) is 3. The van der Waals surface area contributed by atoms with E-state index < -0.39 is 0 Å². The lowest BCUT2D eigenvalue weighted by molar-refractivity contribution is -0.117. The van der Waals surface area contributed by atoms with Crippen LogP contribution in [0.1, 0.15) is 61.7 Å². The van der Waals surface area contributed by atoms with Crippen LogP contribution in [0.3, 0.4) is 0 Å². The molecule has 3 fully saturated rings. The Morgan fingerprint density at radius 1 is 1.04 bits per heavy atom. The fourth-order valence-corrected chi connectivity index (χ4v) is 4.76. The molecular formula is C21H29N3O2. The minimum Gasteiger partial charge on any atom is -0.339 e. The molecule has 3 unspecified atom stereocenters. The smallest absolute Gasteiger partial charge is 0.253 e. The zero-order valence-corrected chi connectivity index (χ0v) is 15.4. The van der Waals surface area contributed by atoms with Crippen LogP contribution in [0.5, 0.6) is 0 Å². The molecule has 0 spiro atoms. The minimum absolute atomic E-state index is 0.0296. The first-order valence-electron chi connectivity index (χ1n) is 10.2. The van der Waals surface area contributed by atoms with Gasteiger partial charge in [-0.1, -0.05) is 18.9 Å². The molecule has 1 aromatic carbocycles. The maximum absolute atomic E-state index is 12.7. The summed E-state index contributed by atoms with van der Waals surface area (Å²) in [5, 5.41) is 6.53. The van der Waals surface area contributed by atoms with Gasteiger partial charge in [0.05, 0.1) is 6.04 Å². The Kier molecular flexibility index (Phi) is 5.25. The van der Waals surface area contributed by atoms with E-state index in [-0.39, 0.29) is 17.9 Å². The van der Waals surface area contributed by atoms with Gasteiger partial charge in [0.2, 0.25) is 5.91 Å². The molecule has 2 saturated heterocycles. The predicted octanol–water partition coefficient (Wildman–Crippen LogP) is 3.17. The maximum Gasteiger partial charge on any atom is 0.253 e. The van der Waals surface area contributed by atoms with Crippen LogP contribution in [0.4, 0.5) is 5.69 Å². The summed E-state index contributed by atoms with van der Waals surface area (Å²) in [5.41, 5.74) is 1.38. The van der Waals surface area contributed by atoms with Crippen molar-refractivity contribution in [2.24, 2.45) is 5.92 Å². The lowest BCUT2D eigenvalue weighted by Crippen LogP contribution is -2.40. The van der Waals surface area contributed by atoms with Gasteiger partial charge in [-0.05, 0) is 62.6 Å². The Bertz CT molecular complexity index is 655. The largest absolute Gasteiger partial charge is 0.339 e. The number of carbonyl (C=O) groups excluding carboxylic acids is 2. The van der Waals surface area contributed by atoms with E-state index in [0.717, 1.165) is 38.0 Å². The number of nitrogens with zero attached hydrogens (tertiary/aromatic N) is 1. The molecule has 0 aromatic heterocycles. The molecule has 2 heterocycles. The van der Waals surface area contributed by atoms with Gasteiger partial charge in [-0.25, -0.2) is 0 Å². The van der Waals surface area contributed by atoms with Gasteiger partial charge >= 0.3 is 0 Å². The summed E-state index contributed by atoms with van der Waals surface area (Å²) in [4.78, 5) is 27.3. The third kappa shape index (κ3) is 3.78. The van der Waals surface area contributed by atoms with E-state index in [1.165, 1.54) is 32.1 Å². The van der Waals surface area contributed by atoms with E-state index in [1.54, 1.807) is 0 Å². The summed E-state index contributed by atoms with van der Waals surface area (Å²) in [6.45, 7) is 1.67. The van der Waals surface area contributed by atoms with Crippen LogP contribution in [0, 0.1) is 5.92 Å². The van der Waals surface area contributed by atoms with Gasteiger partial charge in [0.1, 0.15) is 0 Å². The molecule has 2 aliphatic heterocycles. The van der Waals surface area contributed by atoms with Gasteiger partial charge in [-0.2, -0.15) is 0 Å². The van der Waals surface area contributed by atoms with Crippen LogP contribution in [-0.2, 0) is 4.79 Å². The van der Waals surface area contributed by atoms with Crippen molar-refractivity contribution >= 4 is 17.5 Å². The molecule has 2 N–H and O–H groups in total. The van der Waals surface area contributed by atoms with Gasteiger partial charge < -0.3 is 15.5 Å². The molecule has 140 valence electrons. The summed E-state index contributed by atoms with van der Waals surface area (Å²) in [6.07, 6.45) is 9.28. The molecule has 0 radical (unpaired) electrons. The Morgan fingerprint density at radius 2 is 1.85 bits per heavy atom. The average Bonchev–Trinajstić information content (AvgIpc) is 3.13. The monoisotopic (exact) mass is 355 g/mol. The topological polar surface area (TPSA) is 61.4 Å². The first-order valence-corrected chi connectivity index (χ1v) is 10.2. The lowest BCUT2D eigenvalue weighted by Gasteiger charge is -2.26. The van der Waals surface area contributed by atoms with Gasteiger partial charge in [-0.3, -0.25) is 9.59 Å². The number of carbonyl (C=O) groups is 2. The van der Waals surface area contributed by atoms with Crippen LogP contribution >= 0.6 is 0 Å². The number of anilines is 1. The quantitative estimate of drug-likeness (QED) is 0.875. The summed E-state index contributed by atoms with van der Waals surface area (Å²) in [5.74, 6) is 0.749. The second kappa shape index (κ2) is 7.78. The van der Waals surface area contributed by atoms with E-state index >= 15 is 0 Å². The molecule has 3 aliphatic rings. The second-order valence-electron chi connectivity index (χ2n) is 8.03. The van der Waals surface area contributed by atoms with Crippen molar-refractivity contribution in [2.45, 2.75) is 63.5 Å². The number of rotatable bonds is 3. The molecule has 4 rings (SSSR count). The number of piperidine rings is 1.